The van der Waals surface area contributed by atoms with Crippen LogP contribution in [0.4, 0.5) is 0 Å². The Hall–Kier alpha value is -2.25. The quantitative estimate of drug-likeness (QED) is 0.887. The molecule has 0 saturated carbocycles. The number of ether oxygens (including phenoxy) is 1. The zero-order valence-electron chi connectivity index (χ0n) is 15.0. The number of hydrogen-bond acceptors (Lipinski definition) is 5. The number of nitrogens with one attached hydrogen (secondary N) is 1. The van der Waals surface area contributed by atoms with Crippen LogP contribution < -0.4 is 5.32 Å². The number of nitrogens with zero attached hydrogens (tertiary/aromatic N) is 4. The minimum absolute atomic E-state index is 0.0706. The molecule has 3 rings (SSSR count). The third-order valence-corrected chi connectivity index (χ3v) is 4.25. The summed E-state index contributed by atoms with van der Waals surface area (Å²) in [6.45, 7) is 10.1. The van der Waals surface area contributed by atoms with Gasteiger partial charge in [-0.05, 0) is 39.0 Å². The van der Waals surface area contributed by atoms with Crippen molar-refractivity contribution < 1.29 is 9.53 Å². The molecule has 1 saturated heterocycles. The lowest BCUT2D eigenvalue weighted by molar-refractivity contribution is 0.0342. The molecule has 0 bridgehead atoms. The second-order valence-electron chi connectivity index (χ2n) is 6.53. The Kier molecular flexibility index (Phi) is 5.45. The standard InChI is InChI=1S/C18H25N5O2/c1-13-10-15(3)23(21-13)17-5-4-16(11-19-17)18(24)20-14(2)12-22-6-8-25-9-7-22/h4-5,10-11,14H,6-9,12H2,1-3H3,(H,20,24). The summed E-state index contributed by atoms with van der Waals surface area (Å²) in [6.07, 6.45) is 1.60. The van der Waals surface area contributed by atoms with Gasteiger partial charge >= 0.3 is 0 Å². The van der Waals surface area contributed by atoms with Gasteiger partial charge < -0.3 is 10.1 Å². The largest absolute Gasteiger partial charge is 0.379 e. The van der Waals surface area contributed by atoms with Crippen LogP contribution in [0.2, 0.25) is 0 Å². The van der Waals surface area contributed by atoms with Crippen molar-refractivity contribution in [2.45, 2.75) is 26.8 Å². The van der Waals surface area contributed by atoms with Gasteiger partial charge in [0.1, 0.15) is 0 Å². The van der Waals surface area contributed by atoms with Crippen LogP contribution in [0.3, 0.4) is 0 Å². The molecule has 2 aromatic heterocycles. The molecule has 1 amide bonds. The molecule has 0 aliphatic carbocycles. The van der Waals surface area contributed by atoms with E-state index in [0.29, 0.717) is 11.4 Å². The van der Waals surface area contributed by atoms with E-state index in [2.05, 4.69) is 20.3 Å². The fourth-order valence-corrected chi connectivity index (χ4v) is 3.03. The van der Waals surface area contributed by atoms with E-state index in [0.717, 1.165) is 44.2 Å². The Bertz CT molecular complexity index is 720. The van der Waals surface area contributed by atoms with E-state index >= 15 is 0 Å². The SMILES string of the molecule is Cc1cc(C)n(-c2ccc(C(=O)NC(C)CN3CCOCC3)cn2)n1. The van der Waals surface area contributed by atoms with E-state index in [1.54, 1.807) is 16.9 Å². The van der Waals surface area contributed by atoms with E-state index in [9.17, 15) is 4.79 Å². The van der Waals surface area contributed by atoms with Crippen molar-refractivity contribution in [2.75, 3.05) is 32.8 Å². The minimum atomic E-state index is -0.104. The first-order valence-corrected chi connectivity index (χ1v) is 8.63. The maximum absolute atomic E-state index is 12.4. The first kappa shape index (κ1) is 17.6. The van der Waals surface area contributed by atoms with Crippen molar-refractivity contribution in [1.29, 1.82) is 0 Å². The molecule has 134 valence electrons. The number of hydrogen-bond donors (Lipinski definition) is 1. The van der Waals surface area contributed by atoms with E-state index in [-0.39, 0.29) is 11.9 Å². The minimum Gasteiger partial charge on any atom is -0.379 e. The van der Waals surface area contributed by atoms with Gasteiger partial charge in [-0.25, -0.2) is 9.67 Å². The van der Waals surface area contributed by atoms with Crippen molar-refractivity contribution in [3.8, 4) is 5.82 Å². The summed E-state index contributed by atoms with van der Waals surface area (Å²) in [6, 6.07) is 5.67. The predicted molar refractivity (Wildman–Crippen MR) is 95.0 cm³/mol. The van der Waals surface area contributed by atoms with Crippen molar-refractivity contribution in [1.82, 2.24) is 25.0 Å². The second kappa shape index (κ2) is 7.76. The monoisotopic (exact) mass is 343 g/mol. The van der Waals surface area contributed by atoms with Gasteiger partial charge in [-0.3, -0.25) is 9.69 Å². The summed E-state index contributed by atoms with van der Waals surface area (Å²) >= 11 is 0. The second-order valence-corrected chi connectivity index (χ2v) is 6.53. The van der Waals surface area contributed by atoms with Crippen molar-refractivity contribution >= 4 is 5.91 Å². The molecular formula is C18H25N5O2. The third-order valence-electron chi connectivity index (χ3n) is 4.25. The maximum atomic E-state index is 12.4. The number of amides is 1. The summed E-state index contributed by atoms with van der Waals surface area (Å²) in [5, 5.41) is 7.44. The first-order valence-electron chi connectivity index (χ1n) is 8.63. The predicted octanol–water partition coefficient (Wildman–Crippen LogP) is 1.33. The Labute approximate surface area is 148 Å². The molecular weight excluding hydrogens is 318 g/mol. The zero-order chi connectivity index (χ0) is 17.8. The van der Waals surface area contributed by atoms with Gasteiger partial charge in [0.2, 0.25) is 0 Å². The van der Waals surface area contributed by atoms with E-state index in [4.69, 9.17) is 4.74 Å². The number of carbonyl (C=O) groups is 1. The number of rotatable bonds is 5. The van der Waals surface area contributed by atoms with E-state index in [1.165, 1.54) is 0 Å². The highest BCUT2D eigenvalue weighted by Gasteiger charge is 2.16. The number of morpholine rings is 1. The van der Waals surface area contributed by atoms with Gasteiger partial charge in [-0.15, -0.1) is 0 Å². The van der Waals surface area contributed by atoms with Gasteiger partial charge in [0.05, 0.1) is 24.5 Å². The summed E-state index contributed by atoms with van der Waals surface area (Å²) in [5.41, 5.74) is 2.51. The van der Waals surface area contributed by atoms with Crippen LogP contribution in [-0.2, 0) is 4.74 Å². The number of aromatic nitrogens is 3. The number of aryl methyl sites for hydroxylation is 2. The molecule has 7 nitrogen and oxygen atoms in total. The van der Waals surface area contributed by atoms with Crippen LogP contribution in [0.25, 0.3) is 5.82 Å². The topological polar surface area (TPSA) is 72.3 Å². The molecule has 7 heteroatoms. The maximum Gasteiger partial charge on any atom is 0.253 e. The normalized spacial score (nSPS) is 16.6. The first-order chi connectivity index (χ1) is 12.0. The molecule has 1 N–H and O–H groups in total. The summed E-state index contributed by atoms with van der Waals surface area (Å²) < 4.78 is 7.12. The van der Waals surface area contributed by atoms with Crippen LogP contribution in [0.5, 0.6) is 0 Å². The Morgan fingerprint density at radius 3 is 2.68 bits per heavy atom. The lowest BCUT2D eigenvalue weighted by atomic mass is 10.2. The average molecular weight is 343 g/mol. The highest BCUT2D eigenvalue weighted by Crippen LogP contribution is 2.10. The van der Waals surface area contributed by atoms with Gasteiger partial charge in [0, 0.05) is 37.6 Å². The molecule has 0 radical (unpaired) electrons. The lowest BCUT2D eigenvalue weighted by Gasteiger charge is -2.29. The molecule has 1 unspecified atom stereocenters. The summed E-state index contributed by atoms with van der Waals surface area (Å²) in [7, 11) is 0. The van der Waals surface area contributed by atoms with Crippen molar-refractivity contribution in [3.63, 3.8) is 0 Å². The molecule has 1 atom stereocenters. The molecule has 1 fully saturated rings. The molecule has 2 aromatic rings. The van der Waals surface area contributed by atoms with Crippen molar-refractivity contribution in [2.24, 2.45) is 0 Å². The fraction of sp³-hybridized carbons (Fsp3) is 0.500. The number of pyridine rings is 1. The highest BCUT2D eigenvalue weighted by atomic mass is 16.5. The van der Waals surface area contributed by atoms with Crippen LogP contribution in [-0.4, -0.2) is 64.5 Å². The van der Waals surface area contributed by atoms with Crippen LogP contribution in [0, 0.1) is 13.8 Å². The molecule has 0 spiro atoms. The Balaban J connectivity index is 1.59. The Morgan fingerprint density at radius 2 is 2.08 bits per heavy atom. The van der Waals surface area contributed by atoms with Crippen LogP contribution in [0.1, 0.15) is 28.7 Å². The van der Waals surface area contributed by atoms with Crippen LogP contribution >= 0.6 is 0 Å². The smallest absolute Gasteiger partial charge is 0.253 e. The van der Waals surface area contributed by atoms with Crippen molar-refractivity contribution in [3.05, 3.63) is 41.3 Å². The third kappa shape index (κ3) is 4.43. The van der Waals surface area contributed by atoms with Gasteiger partial charge in [0.15, 0.2) is 5.82 Å². The zero-order valence-corrected chi connectivity index (χ0v) is 15.0. The Morgan fingerprint density at radius 1 is 1.32 bits per heavy atom. The average Bonchev–Trinajstić information content (AvgIpc) is 2.94. The van der Waals surface area contributed by atoms with Gasteiger partial charge in [0.25, 0.3) is 5.91 Å². The van der Waals surface area contributed by atoms with Crippen LogP contribution in [0.15, 0.2) is 24.4 Å². The summed E-state index contributed by atoms with van der Waals surface area (Å²) in [4.78, 5) is 19.1. The lowest BCUT2D eigenvalue weighted by Crippen LogP contribution is -2.46. The van der Waals surface area contributed by atoms with Gasteiger partial charge in [-0.1, -0.05) is 0 Å². The molecule has 1 aliphatic rings. The number of carbonyl (C=O) groups excluding carboxylic acids is 1. The van der Waals surface area contributed by atoms with E-state index < -0.39 is 0 Å². The summed E-state index contributed by atoms with van der Waals surface area (Å²) in [5.74, 6) is 0.608. The molecule has 0 aromatic carbocycles. The molecule has 3 heterocycles. The fourth-order valence-electron chi connectivity index (χ4n) is 3.03. The van der Waals surface area contributed by atoms with Gasteiger partial charge in [-0.2, -0.15) is 5.10 Å². The molecule has 1 aliphatic heterocycles. The molecule has 25 heavy (non-hydrogen) atoms. The van der Waals surface area contributed by atoms with E-state index in [1.807, 2.05) is 32.9 Å². The highest BCUT2D eigenvalue weighted by molar-refractivity contribution is 5.94.